The zero-order valence-electron chi connectivity index (χ0n) is 12.9. The SMILES string of the molecule is c1ccc(-c2nc(NCCCn3ccnc3)c3n[nH]nc3n2)cc1. The number of anilines is 1. The van der Waals surface area contributed by atoms with Gasteiger partial charge in [0, 0.05) is 31.0 Å². The summed E-state index contributed by atoms with van der Waals surface area (Å²) in [7, 11) is 0. The van der Waals surface area contributed by atoms with Crippen LogP contribution >= 0.6 is 0 Å². The molecule has 24 heavy (non-hydrogen) atoms. The van der Waals surface area contributed by atoms with Gasteiger partial charge in [-0.3, -0.25) is 0 Å². The number of fused-ring (bicyclic) bond motifs is 1. The Morgan fingerprint density at radius 3 is 2.83 bits per heavy atom. The summed E-state index contributed by atoms with van der Waals surface area (Å²) in [5, 5.41) is 14.2. The standard InChI is InChI=1S/C16H16N8/c1-2-5-12(6-3-1)14-19-15(13-16(20-14)22-23-21-13)18-7-4-9-24-10-8-17-11-24/h1-3,5-6,8,10-11H,4,7,9H2,(H2,18,19,20,21,22,23). The molecule has 0 atom stereocenters. The highest BCUT2D eigenvalue weighted by Gasteiger charge is 2.12. The first-order valence-electron chi connectivity index (χ1n) is 7.74. The Labute approximate surface area is 138 Å². The third-order valence-electron chi connectivity index (χ3n) is 3.66. The predicted molar refractivity (Wildman–Crippen MR) is 90.2 cm³/mol. The van der Waals surface area contributed by atoms with E-state index in [1.165, 1.54) is 0 Å². The summed E-state index contributed by atoms with van der Waals surface area (Å²) in [5.41, 5.74) is 2.15. The molecule has 0 spiro atoms. The molecule has 0 fully saturated rings. The summed E-state index contributed by atoms with van der Waals surface area (Å²) in [5.74, 6) is 1.33. The van der Waals surface area contributed by atoms with Gasteiger partial charge in [-0.1, -0.05) is 30.3 Å². The predicted octanol–water partition coefficient (Wildman–Crippen LogP) is 2.11. The second-order valence-electron chi connectivity index (χ2n) is 5.34. The Kier molecular flexibility index (Phi) is 3.85. The molecule has 8 heteroatoms. The third kappa shape index (κ3) is 2.94. The first kappa shape index (κ1) is 14.3. The van der Waals surface area contributed by atoms with Crippen LogP contribution in [-0.4, -0.2) is 41.5 Å². The molecule has 1 aromatic carbocycles. The number of rotatable bonds is 6. The quantitative estimate of drug-likeness (QED) is 0.528. The van der Waals surface area contributed by atoms with E-state index in [0.717, 1.165) is 25.1 Å². The highest BCUT2D eigenvalue weighted by atomic mass is 15.4. The van der Waals surface area contributed by atoms with E-state index in [4.69, 9.17) is 0 Å². The van der Waals surface area contributed by atoms with Crippen LogP contribution in [0.1, 0.15) is 6.42 Å². The van der Waals surface area contributed by atoms with Crippen molar-refractivity contribution in [3.8, 4) is 11.4 Å². The van der Waals surface area contributed by atoms with Gasteiger partial charge in [-0.25, -0.2) is 15.0 Å². The lowest BCUT2D eigenvalue weighted by Crippen LogP contribution is -2.08. The van der Waals surface area contributed by atoms with Crippen LogP contribution in [0.3, 0.4) is 0 Å². The first-order chi connectivity index (χ1) is 11.9. The number of aromatic nitrogens is 7. The fourth-order valence-electron chi connectivity index (χ4n) is 2.47. The zero-order chi connectivity index (χ0) is 16.2. The fraction of sp³-hybridized carbons (Fsp3) is 0.188. The number of benzene rings is 1. The van der Waals surface area contributed by atoms with Gasteiger partial charge in [0.2, 0.25) is 5.65 Å². The Bertz CT molecular complexity index is 914. The molecule has 0 aliphatic carbocycles. The summed E-state index contributed by atoms with van der Waals surface area (Å²) >= 11 is 0. The number of nitrogens with one attached hydrogen (secondary N) is 2. The van der Waals surface area contributed by atoms with Crippen molar-refractivity contribution in [2.75, 3.05) is 11.9 Å². The molecule has 0 bridgehead atoms. The molecule has 8 nitrogen and oxygen atoms in total. The Balaban J connectivity index is 1.54. The van der Waals surface area contributed by atoms with Crippen molar-refractivity contribution in [1.29, 1.82) is 0 Å². The van der Waals surface area contributed by atoms with Crippen LogP contribution < -0.4 is 5.32 Å². The lowest BCUT2D eigenvalue weighted by atomic mass is 10.2. The van der Waals surface area contributed by atoms with Crippen molar-refractivity contribution in [3.05, 3.63) is 49.1 Å². The highest BCUT2D eigenvalue weighted by molar-refractivity contribution is 5.83. The maximum absolute atomic E-state index is 4.61. The number of nitrogens with zero attached hydrogens (tertiary/aromatic N) is 6. The van der Waals surface area contributed by atoms with Gasteiger partial charge >= 0.3 is 0 Å². The minimum absolute atomic E-state index is 0.556. The van der Waals surface area contributed by atoms with Crippen LogP contribution in [0.2, 0.25) is 0 Å². The van der Waals surface area contributed by atoms with Crippen LogP contribution in [0.25, 0.3) is 22.6 Å². The van der Waals surface area contributed by atoms with Crippen LogP contribution in [0, 0.1) is 0 Å². The summed E-state index contributed by atoms with van der Waals surface area (Å²) in [6.07, 6.45) is 6.49. The molecule has 0 unspecified atom stereocenters. The molecule has 0 saturated carbocycles. The summed E-state index contributed by atoms with van der Waals surface area (Å²) in [4.78, 5) is 13.1. The van der Waals surface area contributed by atoms with Crippen LogP contribution in [0.4, 0.5) is 5.82 Å². The molecule has 3 heterocycles. The minimum Gasteiger partial charge on any atom is -0.368 e. The van der Waals surface area contributed by atoms with Gasteiger partial charge in [0.1, 0.15) is 0 Å². The van der Waals surface area contributed by atoms with Crippen molar-refractivity contribution < 1.29 is 0 Å². The molecule has 120 valence electrons. The molecule has 0 radical (unpaired) electrons. The van der Waals surface area contributed by atoms with Gasteiger partial charge in [0.25, 0.3) is 0 Å². The number of hydrogen-bond acceptors (Lipinski definition) is 6. The Hall–Kier alpha value is -3.29. The van der Waals surface area contributed by atoms with Crippen molar-refractivity contribution >= 4 is 17.0 Å². The fourth-order valence-corrected chi connectivity index (χ4v) is 2.47. The van der Waals surface area contributed by atoms with E-state index in [0.29, 0.717) is 22.8 Å². The van der Waals surface area contributed by atoms with Crippen molar-refractivity contribution in [2.24, 2.45) is 0 Å². The Morgan fingerprint density at radius 1 is 1.08 bits per heavy atom. The maximum Gasteiger partial charge on any atom is 0.207 e. The van der Waals surface area contributed by atoms with E-state index < -0.39 is 0 Å². The lowest BCUT2D eigenvalue weighted by Gasteiger charge is -2.08. The molecule has 0 amide bonds. The molecule has 4 aromatic rings. The van der Waals surface area contributed by atoms with Gasteiger partial charge < -0.3 is 9.88 Å². The van der Waals surface area contributed by atoms with Crippen molar-refractivity contribution in [1.82, 2.24) is 34.9 Å². The summed E-state index contributed by atoms with van der Waals surface area (Å²) < 4.78 is 2.04. The van der Waals surface area contributed by atoms with Gasteiger partial charge in [-0.05, 0) is 6.42 Å². The van der Waals surface area contributed by atoms with Gasteiger partial charge in [0.15, 0.2) is 17.2 Å². The average Bonchev–Trinajstić information content (AvgIpc) is 3.30. The molecule has 0 aliphatic heterocycles. The second kappa shape index (κ2) is 6.45. The van der Waals surface area contributed by atoms with Crippen LogP contribution in [-0.2, 0) is 6.54 Å². The average molecular weight is 320 g/mol. The normalized spacial score (nSPS) is 11.0. The van der Waals surface area contributed by atoms with Gasteiger partial charge in [0.05, 0.1) is 6.33 Å². The number of H-pyrrole nitrogens is 1. The third-order valence-corrected chi connectivity index (χ3v) is 3.66. The number of aromatic amines is 1. The van der Waals surface area contributed by atoms with Gasteiger partial charge in [-0.2, -0.15) is 10.3 Å². The minimum atomic E-state index is 0.556. The highest BCUT2D eigenvalue weighted by Crippen LogP contribution is 2.21. The van der Waals surface area contributed by atoms with E-state index >= 15 is 0 Å². The molecule has 2 N–H and O–H groups in total. The van der Waals surface area contributed by atoms with Crippen molar-refractivity contribution in [3.63, 3.8) is 0 Å². The molecule has 3 aromatic heterocycles. The molecular formula is C16H16N8. The first-order valence-corrected chi connectivity index (χ1v) is 7.74. The van der Waals surface area contributed by atoms with Gasteiger partial charge in [-0.15, -0.1) is 5.10 Å². The van der Waals surface area contributed by atoms with Crippen LogP contribution in [0.5, 0.6) is 0 Å². The van der Waals surface area contributed by atoms with Crippen LogP contribution in [0.15, 0.2) is 49.1 Å². The smallest absolute Gasteiger partial charge is 0.207 e. The van der Waals surface area contributed by atoms with E-state index in [-0.39, 0.29) is 0 Å². The van der Waals surface area contributed by atoms with E-state index in [2.05, 4.69) is 35.7 Å². The molecular weight excluding hydrogens is 304 g/mol. The van der Waals surface area contributed by atoms with E-state index in [9.17, 15) is 0 Å². The van der Waals surface area contributed by atoms with Crippen molar-refractivity contribution in [2.45, 2.75) is 13.0 Å². The molecule has 0 aliphatic rings. The second-order valence-corrected chi connectivity index (χ2v) is 5.34. The van der Waals surface area contributed by atoms with E-state index in [1.54, 1.807) is 6.20 Å². The Morgan fingerprint density at radius 2 is 2.00 bits per heavy atom. The maximum atomic E-state index is 4.61. The number of aryl methyl sites for hydroxylation is 1. The monoisotopic (exact) mass is 320 g/mol. The summed E-state index contributed by atoms with van der Waals surface area (Å²) in [6.45, 7) is 1.66. The largest absolute Gasteiger partial charge is 0.368 e. The number of hydrogen-bond donors (Lipinski definition) is 2. The lowest BCUT2D eigenvalue weighted by molar-refractivity contribution is 0.660. The molecule has 0 saturated heterocycles. The number of imidazole rings is 1. The molecule has 4 rings (SSSR count). The van der Waals surface area contributed by atoms with E-state index in [1.807, 2.05) is 47.4 Å². The summed E-state index contributed by atoms with van der Waals surface area (Å²) in [6, 6.07) is 9.84. The topological polar surface area (TPSA) is 97.2 Å². The zero-order valence-corrected chi connectivity index (χ0v) is 12.9.